The topological polar surface area (TPSA) is 43.6 Å². The van der Waals surface area contributed by atoms with Crippen molar-refractivity contribution in [2.45, 2.75) is 0 Å². The molecule has 0 saturated heterocycles. The van der Waals surface area contributed by atoms with Crippen LogP contribution in [0.4, 0.5) is 0 Å². The SMILES string of the molecule is c1ccc(-c2nc(-n3c4ccccc4c4c5c6cccnc6sc5c5c6ccccc6sc5c43)nc3ccccc23)cc1. The van der Waals surface area contributed by atoms with Crippen molar-refractivity contribution in [1.82, 2.24) is 19.5 Å². The molecule has 5 aromatic heterocycles. The van der Waals surface area contributed by atoms with Gasteiger partial charge in [-0.15, -0.1) is 22.7 Å². The van der Waals surface area contributed by atoms with Gasteiger partial charge in [0.2, 0.25) is 5.95 Å². The summed E-state index contributed by atoms with van der Waals surface area (Å²) in [6, 6.07) is 40.5. The predicted molar refractivity (Wildman–Crippen MR) is 183 cm³/mol. The second-order valence-electron chi connectivity index (χ2n) is 10.8. The van der Waals surface area contributed by atoms with Crippen LogP contribution in [0.15, 0.2) is 121 Å². The van der Waals surface area contributed by atoms with Crippen molar-refractivity contribution in [2.24, 2.45) is 0 Å². The van der Waals surface area contributed by atoms with Gasteiger partial charge in [0.25, 0.3) is 0 Å². The van der Waals surface area contributed by atoms with E-state index in [-0.39, 0.29) is 0 Å². The summed E-state index contributed by atoms with van der Waals surface area (Å²) in [6.07, 6.45) is 1.90. The quantitative estimate of drug-likeness (QED) is 0.203. The molecule has 0 fully saturated rings. The Morgan fingerprint density at radius 2 is 1.28 bits per heavy atom. The molecule has 0 bridgehead atoms. The second-order valence-corrected chi connectivity index (χ2v) is 12.8. The summed E-state index contributed by atoms with van der Waals surface area (Å²) in [7, 11) is 0. The molecular weight excluding hydrogens is 565 g/mol. The molecule has 0 aliphatic heterocycles. The number of hydrogen-bond acceptors (Lipinski definition) is 5. The van der Waals surface area contributed by atoms with Crippen LogP contribution < -0.4 is 0 Å². The van der Waals surface area contributed by atoms with Gasteiger partial charge in [0, 0.05) is 58.9 Å². The normalized spacial score (nSPS) is 12.2. The van der Waals surface area contributed by atoms with Gasteiger partial charge in [-0.25, -0.2) is 15.0 Å². The highest BCUT2D eigenvalue weighted by Gasteiger charge is 2.25. The van der Waals surface area contributed by atoms with Gasteiger partial charge >= 0.3 is 0 Å². The number of thiophene rings is 2. The van der Waals surface area contributed by atoms with E-state index in [1.165, 1.54) is 46.4 Å². The summed E-state index contributed by atoms with van der Waals surface area (Å²) in [6.45, 7) is 0. The molecule has 0 N–H and O–H groups in total. The van der Waals surface area contributed by atoms with Crippen LogP contribution >= 0.6 is 22.7 Å². The van der Waals surface area contributed by atoms with Crippen LogP contribution in [0.2, 0.25) is 0 Å². The van der Waals surface area contributed by atoms with Crippen LogP contribution in [0.25, 0.3) is 90.4 Å². The van der Waals surface area contributed by atoms with E-state index in [0.29, 0.717) is 5.95 Å². The summed E-state index contributed by atoms with van der Waals surface area (Å²) in [5.41, 5.74) is 5.19. The van der Waals surface area contributed by atoms with Crippen LogP contribution in [0.5, 0.6) is 0 Å². The van der Waals surface area contributed by atoms with Crippen molar-refractivity contribution in [3.8, 4) is 17.2 Å². The van der Waals surface area contributed by atoms with Crippen LogP contribution in [0.1, 0.15) is 0 Å². The minimum absolute atomic E-state index is 0.680. The van der Waals surface area contributed by atoms with Crippen LogP contribution in [0, 0.1) is 0 Å². The van der Waals surface area contributed by atoms with E-state index in [0.717, 1.165) is 38.0 Å². The Balaban J connectivity index is 1.48. The van der Waals surface area contributed by atoms with Gasteiger partial charge in [0.05, 0.1) is 26.9 Å². The van der Waals surface area contributed by atoms with Crippen molar-refractivity contribution in [2.75, 3.05) is 0 Å². The third kappa shape index (κ3) is 3.16. The van der Waals surface area contributed by atoms with Crippen molar-refractivity contribution in [1.29, 1.82) is 0 Å². The van der Waals surface area contributed by atoms with Gasteiger partial charge in [-0.1, -0.05) is 84.9 Å². The zero-order chi connectivity index (χ0) is 28.1. The van der Waals surface area contributed by atoms with Crippen LogP contribution in [0.3, 0.4) is 0 Å². The van der Waals surface area contributed by atoms with Crippen molar-refractivity contribution >= 4 is 95.9 Å². The number of para-hydroxylation sites is 2. The molecule has 0 spiro atoms. The smallest absolute Gasteiger partial charge is 0.235 e. The number of pyridine rings is 1. The third-order valence-electron chi connectivity index (χ3n) is 8.47. The van der Waals surface area contributed by atoms with Gasteiger partial charge in [0.15, 0.2) is 0 Å². The van der Waals surface area contributed by atoms with Gasteiger partial charge < -0.3 is 0 Å². The minimum atomic E-state index is 0.680. The Morgan fingerprint density at radius 3 is 2.19 bits per heavy atom. The van der Waals surface area contributed by atoms with Gasteiger partial charge in [-0.3, -0.25) is 4.57 Å². The largest absolute Gasteiger partial charge is 0.276 e. The Hall–Kier alpha value is -5.17. The molecule has 0 aliphatic carbocycles. The highest BCUT2D eigenvalue weighted by Crippen LogP contribution is 2.51. The van der Waals surface area contributed by atoms with E-state index in [4.69, 9.17) is 15.0 Å². The lowest BCUT2D eigenvalue weighted by Gasteiger charge is -2.12. The lowest BCUT2D eigenvalue weighted by molar-refractivity contribution is 1.02. The van der Waals surface area contributed by atoms with Gasteiger partial charge in [0.1, 0.15) is 4.83 Å². The fourth-order valence-electron chi connectivity index (χ4n) is 6.69. The first-order valence-electron chi connectivity index (χ1n) is 14.2. The van der Waals surface area contributed by atoms with E-state index in [9.17, 15) is 0 Å². The zero-order valence-electron chi connectivity index (χ0n) is 22.7. The molecular formula is C37H20N4S2. The summed E-state index contributed by atoms with van der Waals surface area (Å²) in [4.78, 5) is 16.5. The maximum Gasteiger partial charge on any atom is 0.235 e. The molecule has 0 unspecified atom stereocenters. The molecule has 0 atom stereocenters. The molecule has 200 valence electrons. The number of rotatable bonds is 2. The molecule has 0 amide bonds. The van der Waals surface area contributed by atoms with Crippen molar-refractivity contribution < 1.29 is 0 Å². The van der Waals surface area contributed by atoms with Crippen molar-refractivity contribution in [3.05, 3.63) is 121 Å². The monoisotopic (exact) mass is 584 g/mol. The van der Waals surface area contributed by atoms with E-state index in [1.807, 2.05) is 29.7 Å². The van der Waals surface area contributed by atoms with E-state index in [1.54, 1.807) is 11.3 Å². The first-order chi connectivity index (χ1) is 21.3. The maximum absolute atomic E-state index is 5.35. The zero-order valence-corrected chi connectivity index (χ0v) is 24.3. The second kappa shape index (κ2) is 8.67. The summed E-state index contributed by atoms with van der Waals surface area (Å²) < 4.78 is 6.13. The molecule has 43 heavy (non-hydrogen) atoms. The van der Waals surface area contributed by atoms with E-state index in [2.05, 4.69) is 108 Å². The number of nitrogens with zero attached hydrogens (tertiary/aromatic N) is 4. The third-order valence-corrected chi connectivity index (χ3v) is 10.8. The molecule has 0 radical (unpaired) electrons. The molecule has 10 rings (SSSR count). The molecule has 0 saturated carbocycles. The minimum Gasteiger partial charge on any atom is -0.276 e. The molecule has 5 heterocycles. The molecule has 0 aliphatic rings. The first kappa shape index (κ1) is 23.4. The lowest BCUT2D eigenvalue weighted by atomic mass is 10.0. The Labute approximate surface area is 253 Å². The fraction of sp³-hybridized carbons (Fsp3) is 0. The highest BCUT2D eigenvalue weighted by atomic mass is 32.1. The number of fused-ring (bicyclic) bond motifs is 13. The molecule has 5 aromatic carbocycles. The molecule has 4 nitrogen and oxygen atoms in total. The van der Waals surface area contributed by atoms with E-state index >= 15 is 0 Å². The summed E-state index contributed by atoms with van der Waals surface area (Å²) in [5, 5.41) is 8.50. The van der Waals surface area contributed by atoms with Crippen molar-refractivity contribution in [3.63, 3.8) is 0 Å². The maximum atomic E-state index is 5.35. The number of aromatic nitrogens is 4. The molecule has 10 aromatic rings. The average Bonchev–Trinajstić information content (AvgIpc) is 3.74. The first-order valence-corrected chi connectivity index (χ1v) is 15.8. The van der Waals surface area contributed by atoms with Gasteiger partial charge in [-0.05, 0) is 30.3 Å². The van der Waals surface area contributed by atoms with Crippen LogP contribution in [-0.2, 0) is 0 Å². The standard InChI is InChI=1S/C37H20N4S2/c1-2-11-21(12-3-1)32-22-13-4-7-17-26(22)39-37(40-32)41-27-18-8-5-14-23(27)29-30-25-16-10-20-38-36(25)43-34(30)31-24-15-6-9-19-28(24)42-35(31)33(29)41/h1-20H. The summed E-state index contributed by atoms with van der Waals surface area (Å²) in [5.74, 6) is 0.680. The fourth-order valence-corrected chi connectivity index (χ4v) is 9.22. The molecule has 6 heteroatoms. The van der Waals surface area contributed by atoms with Crippen LogP contribution in [-0.4, -0.2) is 19.5 Å². The lowest BCUT2D eigenvalue weighted by Crippen LogP contribution is -2.03. The number of hydrogen-bond donors (Lipinski definition) is 0. The Bertz CT molecular complexity index is 2730. The average molecular weight is 585 g/mol. The Morgan fingerprint density at radius 1 is 0.535 bits per heavy atom. The van der Waals surface area contributed by atoms with Gasteiger partial charge in [-0.2, -0.15) is 0 Å². The van der Waals surface area contributed by atoms with E-state index < -0.39 is 0 Å². The predicted octanol–water partition coefficient (Wildman–Crippen LogP) is 10.5. The highest BCUT2D eigenvalue weighted by molar-refractivity contribution is 7.30. The number of benzene rings is 5. The summed E-state index contributed by atoms with van der Waals surface area (Å²) >= 11 is 3.65. The Kier molecular flexibility index (Phi) is 4.72.